The lowest BCUT2D eigenvalue weighted by atomic mass is 10.1. The maximum absolute atomic E-state index is 12.4. The van der Waals surface area contributed by atoms with Crippen molar-refractivity contribution in [2.24, 2.45) is 5.73 Å². The van der Waals surface area contributed by atoms with Crippen LogP contribution in [0.15, 0.2) is 27.6 Å². The summed E-state index contributed by atoms with van der Waals surface area (Å²) in [7, 11) is -4.48. The van der Waals surface area contributed by atoms with Gasteiger partial charge < -0.3 is 10.5 Å². The third kappa shape index (κ3) is 4.85. The first-order valence-electron chi connectivity index (χ1n) is 5.64. The van der Waals surface area contributed by atoms with Gasteiger partial charge in [-0.25, -0.2) is 8.42 Å². The summed E-state index contributed by atoms with van der Waals surface area (Å²) in [6.45, 7) is 2.35. The van der Waals surface area contributed by atoms with Gasteiger partial charge in [-0.2, -0.15) is 4.72 Å². The molecule has 6 nitrogen and oxygen atoms in total. The van der Waals surface area contributed by atoms with Crippen molar-refractivity contribution in [3.05, 3.63) is 22.7 Å². The van der Waals surface area contributed by atoms with Crippen LogP contribution in [0.5, 0.6) is 5.75 Å². The van der Waals surface area contributed by atoms with E-state index >= 15 is 0 Å². The third-order valence-electron chi connectivity index (χ3n) is 2.43. The quantitative estimate of drug-likeness (QED) is 0.782. The normalized spacial score (nSPS) is 13.0. The Morgan fingerprint density at radius 1 is 1.32 bits per heavy atom. The van der Waals surface area contributed by atoms with Crippen LogP contribution in [0.3, 0.4) is 0 Å². The second-order valence-corrected chi connectivity index (χ2v) is 7.30. The summed E-state index contributed by atoms with van der Waals surface area (Å²) in [4.78, 5) is 10.4. The summed E-state index contributed by atoms with van der Waals surface area (Å²) in [5.74, 6) is -1.93. The molecule has 0 radical (unpaired) electrons. The molecular formula is C11H12BrF3N2O4S. The number of hydrogen-bond acceptors (Lipinski definition) is 4. The Kier molecular flexibility index (Phi) is 5.15. The third-order valence-corrected chi connectivity index (χ3v) is 4.62. The minimum atomic E-state index is -5.08. The average molecular weight is 405 g/mol. The molecule has 0 aliphatic carbocycles. The van der Waals surface area contributed by atoms with Crippen molar-refractivity contribution in [2.45, 2.75) is 30.6 Å². The van der Waals surface area contributed by atoms with Gasteiger partial charge in [-0.3, -0.25) is 4.79 Å². The van der Waals surface area contributed by atoms with Gasteiger partial charge in [-0.15, -0.1) is 13.2 Å². The molecule has 0 saturated carbocycles. The standard InChI is InChI=1S/C11H12BrF3N2O4S/c1-10(2,9(16)18)17-22(19,20)8-4-3-6(12)5-7(8)21-11(13,14)15/h3-5,17H,1-2H3,(H2,16,18). The van der Waals surface area contributed by atoms with E-state index in [1.807, 2.05) is 4.72 Å². The summed E-state index contributed by atoms with van der Waals surface area (Å²) in [6.07, 6.45) is -5.08. The van der Waals surface area contributed by atoms with E-state index < -0.39 is 38.5 Å². The first kappa shape index (κ1) is 18.7. The highest BCUT2D eigenvalue weighted by molar-refractivity contribution is 9.10. The molecule has 1 amide bonds. The number of alkyl halides is 3. The van der Waals surface area contributed by atoms with Gasteiger partial charge in [0.2, 0.25) is 15.9 Å². The fourth-order valence-corrected chi connectivity index (χ4v) is 3.18. The van der Waals surface area contributed by atoms with Crippen LogP contribution in [0.2, 0.25) is 0 Å². The molecule has 0 saturated heterocycles. The molecule has 0 bridgehead atoms. The minimum Gasteiger partial charge on any atom is -0.404 e. The molecule has 0 atom stereocenters. The summed E-state index contributed by atoms with van der Waals surface area (Å²) < 4.78 is 67.3. The lowest BCUT2D eigenvalue weighted by Gasteiger charge is -2.23. The van der Waals surface area contributed by atoms with E-state index in [1.165, 1.54) is 19.9 Å². The van der Waals surface area contributed by atoms with Crippen LogP contribution in [0.4, 0.5) is 13.2 Å². The summed E-state index contributed by atoms with van der Waals surface area (Å²) in [5.41, 5.74) is 3.34. The number of hydrogen-bond donors (Lipinski definition) is 2. The highest BCUT2D eigenvalue weighted by Gasteiger charge is 2.37. The monoisotopic (exact) mass is 404 g/mol. The summed E-state index contributed by atoms with van der Waals surface area (Å²) in [6, 6.07) is 2.97. The van der Waals surface area contributed by atoms with E-state index in [2.05, 4.69) is 20.7 Å². The van der Waals surface area contributed by atoms with Crippen molar-refractivity contribution in [3.8, 4) is 5.75 Å². The van der Waals surface area contributed by atoms with Gasteiger partial charge in [-0.05, 0) is 32.0 Å². The lowest BCUT2D eigenvalue weighted by Crippen LogP contribution is -2.52. The summed E-state index contributed by atoms with van der Waals surface area (Å²) >= 11 is 2.92. The zero-order valence-electron chi connectivity index (χ0n) is 11.4. The van der Waals surface area contributed by atoms with E-state index in [-0.39, 0.29) is 4.47 Å². The van der Waals surface area contributed by atoms with Crippen molar-refractivity contribution in [1.82, 2.24) is 4.72 Å². The Morgan fingerprint density at radius 3 is 2.32 bits per heavy atom. The number of primary amides is 1. The molecule has 3 N–H and O–H groups in total. The van der Waals surface area contributed by atoms with Gasteiger partial charge in [0, 0.05) is 4.47 Å². The first-order chi connectivity index (χ1) is 9.74. The Morgan fingerprint density at radius 2 is 1.86 bits per heavy atom. The van der Waals surface area contributed by atoms with E-state index in [9.17, 15) is 26.4 Å². The average Bonchev–Trinajstić information content (AvgIpc) is 2.24. The molecule has 11 heteroatoms. The molecule has 1 rings (SSSR count). The number of rotatable bonds is 5. The van der Waals surface area contributed by atoms with Crippen molar-refractivity contribution in [1.29, 1.82) is 0 Å². The molecule has 1 aromatic rings. The van der Waals surface area contributed by atoms with Gasteiger partial charge in [0.05, 0.1) is 0 Å². The number of sulfonamides is 1. The Balaban J connectivity index is 3.33. The number of amides is 1. The highest BCUT2D eigenvalue weighted by Crippen LogP contribution is 2.32. The number of carbonyl (C=O) groups excluding carboxylic acids is 1. The number of benzene rings is 1. The van der Waals surface area contributed by atoms with E-state index in [0.717, 1.165) is 12.1 Å². The van der Waals surface area contributed by atoms with Crippen LogP contribution in [0.1, 0.15) is 13.8 Å². The lowest BCUT2D eigenvalue weighted by molar-refractivity contribution is -0.275. The molecular weight excluding hydrogens is 393 g/mol. The number of nitrogens with one attached hydrogen (secondary N) is 1. The maximum Gasteiger partial charge on any atom is 0.573 e. The predicted octanol–water partition coefficient (Wildman–Crippen LogP) is 1.89. The fourth-order valence-electron chi connectivity index (χ4n) is 1.35. The molecule has 22 heavy (non-hydrogen) atoms. The minimum absolute atomic E-state index is 0.180. The number of halogens is 4. The predicted molar refractivity (Wildman–Crippen MR) is 74.4 cm³/mol. The van der Waals surface area contributed by atoms with E-state index in [4.69, 9.17) is 5.73 Å². The number of nitrogens with two attached hydrogens (primary N) is 1. The second kappa shape index (κ2) is 6.05. The van der Waals surface area contributed by atoms with Gasteiger partial charge in [-0.1, -0.05) is 15.9 Å². The molecule has 0 aromatic heterocycles. The topological polar surface area (TPSA) is 98.5 Å². The van der Waals surface area contributed by atoms with Gasteiger partial charge in [0.25, 0.3) is 0 Å². The molecule has 0 unspecified atom stereocenters. The number of carbonyl (C=O) groups is 1. The first-order valence-corrected chi connectivity index (χ1v) is 7.91. The van der Waals surface area contributed by atoms with Gasteiger partial charge in [0.15, 0.2) is 5.75 Å². The largest absolute Gasteiger partial charge is 0.573 e. The molecule has 124 valence electrons. The second-order valence-electron chi connectivity index (χ2n) is 4.73. The van der Waals surface area contributed by atoms with Crippen molar-refractivity contribution >= 4 is 31.9 Å². The SMILES string of the molecule is CC(C)(NS(=O)(=O)c1ccc(Br)cc1OC(F)(F)F)C(N)=O. The van der Waals surface area contributed by atoms with Crippen LogP contribution in [0.25, 0.3) is 0 Å². The van der Waals surface area contributed by atoms with Crippen molar-refractivity contribution in [2.75, 3.05) is 0 Å². The molecule has 0 heterocycles. The molecule has 0 spiro atoms. The molecule has 0 aliphatic rings. The highest BCUT2D eigenvalue weighted by atomic mass is 79.9. The fraction of sp³-hybridized carbons (Fsp3) is 0.364. The van der Waals surface area contributed by atoms with Crippen LogP contribution in [0, 0.1) is 0 Å². The Hall–Kier alpha value is -1.33. The van der Waals surface area contributed by atoms with E-state index in [0.29, 0.717) is 0 Å². The van der Waals surface area contributed by atoms with Crippen molar-refractivity contribution in [3.63, 3.8) is 0 Å². The number of ether oxygens (including phenoxy) is 1. The molecule has 1 aromatic carbocycles. The van der Waals surface area contributed by atoms with Crippen LogP contribution in [-0.2, 0) is 14.8 Å². The maximum atomic E-state index is 12.4. The van der Waals surface area contributed by atoms with E-state index in [1.54, 1.807) is 0 Å². The smallest absolute Gasteiger partial charge is 0.404 e. The molecule has 0 fully saturated rings. The van der Waals surface area contributed by atoms with Crippen molar-refractivity contribution < 1.29 is 31.1 Å². The molecule has 0 aliphatic heterocycles. The van der Waals surface area contributed by atoms with Crippen LogP contribution < -0.4 is 15.2 Å². The van der Waals surface area contributed by atoms with Gasteiger partial charge >= 0.3 is 6.36 Å². The van der Waals surface area contributed by atoms with Gasteiger partial charge in [0.1, 0.15) is 10.4 Å². The Labute approximate surface area is 133 Å². The van der Waals surface area contributed by atoms with Crippen LogP contribution in [-0.4, -0.2) is 26.2 Å². The zero-order valence-corrected chi connectivity index (χ0v) is 13.8. The van der Waals surface area contributed by atoms with Crippen LogP contribution >= 0.6 is 15.9 Å². The summed E-state index contributed by atoms with van der Waals surface area (Å²) in [5, 5.41) is 0. The zero-order chi connectivity index (χ0) is 17.3. The Bertz CT molecular complexity index is 689.